The lowest BCUT2D eigenvalue weighted by atomic mass is 10.1. The summed E-state index contributed by atoms with van der Waals surface area (Å²) in [6.45, 7) is 0.552. The molecule has 0 amide bonds. The number of carboxylic acid groups (broad SMARTS) is 1. The largest absolute Gasteiger partial charge is 0.481 e. The molecule has 1 aromatic carbocycles. The number of carboxylic acids is 1. The fraction of sp³-hybridized carbons (Fsp3) is 0.250. The zero-order valence-corrected chi connectivity index (χ0v) is 8.82. The van der Waals surface area contributed by atoms with Crippen molar-refractivity contribution in [3.8, 4) is 0 Å². The van der Waals surface area contributed by atoms with Gasteiger partial charge < -0.3 is 10.8 Å². The Morgan fingerprint density at radius 3 is 2.81 bits per heavy atom. The van der Waals surface area contributed by atoms with Crippen LogP contribution < -0.4 is 5.73 Å². The normalized spacial score (nSPS) is 10.9. The van der Waals surface area contributed by atoms with Crippen LogP contribution in [0.1, 0.15) is 17.5 Å². The van der Waals surface area contributed by atoms with E-state index in [-0.39, 0.29) is 12.0 Å². The summed E-state index contributed by atoms with van der Waals surface area (Å²) in [5, 5.41) is 8.54. The van der Waals surface area contributed by atoms with Gasteiger partial charge in [-0.05, 0) is 30.2 Å². The van der Waals surface area contributed by atoms with Crippen LogP contribution in [-0.2, 0) is 11.2 Å². The highest BCUT2D eigenvalue weighted by Gasteiger charge is 2.06. The van der Waals surface area contributed by atoms with E-state index >= 15 is 0 Å². The first-order chi connectivity index (χ1) is 7.63. The van der Waals surface area contributed by atoms with Gasteiger partial charge in [0.05, 0.1) is 6.42 Å². The molecule has 3 nitrogen and oxygen atoms in total. The predicted molar refractivity (Wildman–Crippen MR) is 60.4 cm³/mol. The molecule has 0 spiro atoms. The minimum absolute atomic E-state index is 0.198. The smallest absolute Gasteiger partial charge is 0.307 e. The van der Waals surface area contributed by atoms with Gasteiger partial charge in [0, 0.05) is 0 Å². The second-order valence-electron chi connectivity index (χ2n) is 3.40. The molecule has 86 valence electrons. The van der Waals surface area contributed by atoms with Crippen LogP contribution in [0.2, 0.25) is 0 Å². The predicted octanol–water partition coefficient (Wildman–Crippen LogP) is 1.81. The van der Waals surface area contributed by atoms with Crippen molar-refractivity contribution in [3.63, 3.8) is 0 Å². The van der Waals surface area contributed by atoms with E-state index in [0.717, 1.165) is 6.42 Å². The van der Waals surface area contributed by atoms with Crippen LogP contribution in [0.25, 0.3) is 6.08 Å². The first-order valence-corrected chi connectivity index (χ1v) is 5.00. The molecule has 4 heteroatoms. The lowest BCUT2D eigenvalue weighted by Gasteiger charge is -2.01. The molecule has 1 rings (SSSR count). The number of rotatable bonds is 5. The SMILES string of the molecule is NCCC=Cc1ccc(CC(=O)O)c(F)c1. The molecule has 3 N–H and O–H groups in total. The average molecular weight is 223 g/mol. The molecular formula is C12H14FNO2. The molecule has 16 heavy (non-hydrogen) atoms. The Hall–Kier alpha value is -1.68. The van der Waals surface area contributed by atoms with E-state index < -0.39 is 11.8 Å². The Balaban J connectivity index is 2.78. The fourth-order valence-electron chi connectivity index (χ4n) is 1.29. The van der Waals surface area contributed by atoms with Crippen LogP contribution in [-0.4, -0.2) is 17.6 Å². The molecule has 0 radical (unpaired) electrons. The molecule has 0 aromatic heterocycles. The molecule has 0 atom stereocenters. The van der Waals surface area contributed by atoms with Gasteiger partial charge in [0.1, 0.15) is 5.82 Å². The van der Waals surface area contributed by atoms with Crippen LogP contribution in [0.5, 0.6) is 0 Å². The number of hydrogen-bond acceptors (Lipinski definition) is 2. The summed E-state index contributed by atoms with van der Waals surface area (Å²) >= 11 is 0. The number of aliphatic carboxylic acids is 1. The Morgan fingerprint density at radius 1 is 1.50 bits per heavy atom. The summed E-state index contributed by atoms with van der Waals surface area (Å²) < 4.78 is 13.4. The van der Waals surface area contributed by atoms with Crippen molar-refractivity contribution in [1.82, 2.24) is 0 Å². The van der Waals surface area contributed by atoms with E-state index in [9.17, 15) is 9.18 Å². The maximum Gasteiger partial charge on any atom is 0.307 e. The van der Waals surface area contributed by atoms with Crippen LogP contribution in [0.4, 0.5) is 4.39 Å². The third-order valence-corrected chi connectivity index (χ3v) is 2.06. The van der Waals surface area contributed by atoms with E-state index in [4.69, 9.17) is 10.8 Å². The molecule has 1 aromatic rings. The molecule has 0 aliphatic rings. The maximum atomic E-state index is 13.4. The van der Waals surface area contributed by atoms with Crippen LogP contribution in [0.15, 0.2) is 24.3 Å². The summed E-state index contributed by atoms with van der Waals surface area (Å²) in [7, 11) is 0. The second kappa shape index (κ2) is 6.02. The number of carbonyl (C=O) groups is 1. The van der Waals surface area contributed by atoms with Crippen molar-refractivity contribution in [2.75, 3.05) is 6.54 Å². The highest BCUT2D eigenvalue weighted by molar-refractivity contribution is 5.70. The Morgan fingerprint density at radius 2 is 2.25 bits per heavy atom. The first-order valence-electron chi connectivity index (χ1n) is 5.00. The molecule has 0 saturated heterocycles. The molecule has 0 heterocycles. The monoisotopic (exact) mass is 223 g/mol. The van der Waals surface area contributed by atoms with E-state index in [2.05, 4.69) is 0 Å². The summed E-state index contributed by atoms with van der Waals surface area (Å²) in [6.07, 6.45) is 4.06. The van der Waals surface area contributed by atoms with Gasteiger partial charge in [-0.25, -0.2) is 4.39 Å². The third kappa shape index (κ3) is 3.82. The van der Waals surface area contributed by atoms with Gasteiger partial charge in [-0.2, -0.15) is 0 Å². The van der Waals surface area contributed by atoms with Crippen LogP contribution >= 0.6 is 0 Å². The zero-order chi connectivity index (χ0) is 12.0. The van der Waals surface area contributed by atoms with Crippen molar-refractivity contribution >= 4 is 12.0 Å². The highest BCUT2D eigenvalue weighted by Crippen LogP contribution is 2.12. The van der Waals surface area contributed by atoms with Crippen molar-refractivity contribution in [3.05, 3.63) is 41.2 Å². The quantitative estimate of drug-likeness (QED) is 0.800. The third-order valence-electron chi connectivity index (χ3n) is 2.06. The molecule has 0 aliphatic heterocycles. The standard InChI is InChI=1S/C12H14FNO2/c13-11-7-9(3-1-2-6-14)4-5-10(11)8-12(15)16/h1,3-5,7H,2,6,8,14H2,(H,15,16). The molecule has 0 aliphatic carbocycles. The van der Waals surface area contributed by atoms with E-state index in [1.165, 1.54) is 12.1 Å². The van der Waals surface area contributed by atoms with Crippen LogP contribution in [0, 0.1) is 5.82 Å². The lowest BCUT2D eigenvalue weighted by Crippen LogP contribution is -2.02. The van der Waals surface area contributed by atoms with Gasteiger partial charge in [0.25, 0.3) is 0 Å². The second-order valence-corrected chi connectivity index (χ2v) is 3.40. The average Bonchev–Trinajstić information content (AvgIpc) is 2.22. The number of nitrogens with two attached hydrogens (primary N) is 1. The minimum Gasteiger partial charge on any atom is -0.481 e. The summed E-state index contributed by atoms with van der Waals surface area (Å²) in [5.41, 5.74) is 6.22. The topological polar surface area (TPSA) is 63.3 Å². The Labute approximate surface area is 93.4 Å². The van der Waals surface area contributed by atoms with Gasteiger partial charge in [0.15, 0.2) is 0 Å². The highest BCUT2D eigenvalue weighted by atomic mass is 19.1. The van der Waals surface area contributed by atoms with Crippen molar-refractivity contribution in [2.24, 2.45) is 5.73 Å². The molecular weight excluding hydrogens is 209 g/mol. The van der Waals surface area contributed by atoms with Gasteiger partial charge in [-0.3, -0.25) is 4.79 Å². The summed E-state index contributed by atoms with van der Waals surface area (Å²) in [6, 6.07) is 4.51. The van der Waals surface area contributed by atoms with E-state index in [0.29, 0.717) is 12.1 Å². The fourth-order valence-corrected chi connectivity index (χ4v) is 1.29. The van der Waals surface area contributed by atoms with Crippen molar-refractivity contribution < 1.29 is 14.3 Å². The zero-order valence-electron chi connectivity index (χ0n) is 8.82. The number of hydrogen-bond donors (Lipinski definition) is 2. The molecule has 0 fully saturated rings. The van der Waals surface area contributed by atoms with Crippen molar-refractivity contribution in [1.29, 1.82) is 0 Å². The van der Waals surface area contributed by atoms with Crippen LogP contribution in [0.3, 0.4) is 0 Å². The van der Waals surface area contributed by atoms with Gasteiger partial charge in [-0.15, -0.1) is 0 Å². The minimum atomic E-state index is -1.04. The Kier molecular flexibility index (Phi) is 4.66. The lowest BCUT2D eigenvalue weighted by molar-refractivity contribution is -0.136. The maximum absolute atomic E-state index is 13.4. The van der Waals surface area contributed by atoms with E-state index in [1.807, 2.05) is 6.08 Å². The number of benzene rings is 1. The first kappa shape index (κ1) is 12.4. The van der Waals surface area contributed by atoms with E-state index in [1.54, 1.807) is 12.1 Å². The molecule has 0 unspecified atom stereocenters. The molecule has 0 saturated carbocycles. The Bertz CT molecular complexity index is 402. The molecule has 0 bridgehead atoms. The van der Waals surface area contributed by atoms with Gasteiger partial charge in [0.2, 0.25) is 0 Å². The number of halogens is 1. The summed E-state index contributed by atoms with van der Waals surface area (Å²) in [4.78, 5) is 10.4. The van der Waals surface area contributed by atoms with Gasteiger partial charge >= 0.3 is 5.97 Å². The van der Waals surface area contributed by atoms with Gasteiger partial charge in [-0.1, -0.05) is 24.3 Å². The van der Waals surface area contributed by atoms with Crippen molar-refractivity contribution in [2.45, 2.75) is 12.8 Å². The summed E-state index contributed by atoms with van der Waals surface area (Å²) in [5.74, 6) is -1.53.